The monoisotopic (exact) mass is 228 g/mol. The van der Waals surface area contributed by atoms with Crippen LogP contribution < -0.4 is 5.32 Å². The number of nitrogens with one attached hydrogen (secondary N) is 1. The normalized spacial score (nSPS) is 17.4. The highest BCUT2D eigenvalue weighted by molar-refractivity contribution is 5.84. The summed E-state index contributed by atoms with van der Waals surface area (Å²) in [5.74, 6) is 0.804. The predicted molar refractivity (Wildman–Crippen MR) is 68.3 cm³/mol. The molecule has 0 spiro atoms. The SMILES string of the molecule is Oc1cccc2ccc(C3CCNCC3)nc12. The molecule has 1 aromatic carbocycles. The fourth-order valence-corrected chi connectivity index (χ4v) is 2.49. The summed E-state index contributed by atoms with van der Waals surface area (Å²) in [6.07, 6.45) is 2.26. The van der Waals surface area contributed by atoms with Gasteiger partial charge in [-0.15, -0.1) is 0 Å². The zero-order valence-corrected chi connectivity index (χ0v) is 9.69. The molecule has 0 bridgehead atoms. The first-order valence-electron chi connectivity index (χ1n) is 6.14. The molecule has 2 N–H and O–H groups in total. The van der Waals surface area contributed by atoms with Gasteiger partial charge in [0.05, 0.1) is 0 Å². The zero-order chi connectivity index (χ0) is 11.7. The van der Waals surface area contributed by atoms with Crippen molar-refractivity contribution in [1.29, 1.82) is 0 Å². The number of piperidine rings is 1. The second-order valence-electron chi connectivity index (χ2n) is 4.61. The molecule has 0 saturated carbocycles. The third-order valence-corrected chi connectivity index (χ3v) is 3.48. The van der Waals surface area contributed by atoms with Gasteiger partial charge in [0.2, 0.25) is 0 Å². The number of pyridine rings is 1. The predicted octanol–water partition coefficient (Wildman–Crippen LogP) is 2.41. The van der Waals surface area contributed by atoms with Gasteiger partial charge in [-0.2, -0.15) is 0 Å². The van der Waals surface area contributed by atoms with E-state index < -0.39 is 0 Å². The summed E-state index contributed by atoms with van der Waals surface area (Å²) >= 11 is 0. The molecule has 88 valence electrons. The van der Waals surface area contributed by atoms with Crippen LogP contribution >= 0.6 is 0 Å². The largest absolute Gasteiger partial charge is 0.506 e. The molecule has 0 amide bonds. The second-order valence-corrected chi connectivity index (χ2v) is 4.61. The first-order chi connectivity index (χ1) is 8.34. The number of nitrogens with zero attached hydrogens (tertiary/aromatic N) is 1. The van der Waals surface area contributed by atoms with Crippen molar-refractivity contribution >= 4 is 10.9 Å². The van der Waals surface area contributed by atoms with E-state index in [-0.39, 0.29) is 5.75 Å². The molecular weight excluding hydrogens is 212 g/mol. The van der Waals surface area contributed by atoms with Crippen LogP contribution in [0.25, 0.3) is 10.9 Å². The topological polar surface area (TPSA) is 45.1 Å². The van der Waals surface area contributed by atoms with E-state index in [1.807, 2.05) is 12.1 Å². The van der Waals surface area contributed by atoms with Crippen LogP contribution in [-0.2, 0) is 0 Å². The van der Waals surface area contributed by atoms with Crippen LogP contribution in [-0.4, -0.2) is 23.2 Å². The lowest BCUT2D eigenvalue weighted by molar-refractivity contribution is 0.453. The van der Waals surface area contributed by atoms with Crippen molar-refractivity contribution in [2.24, 2.45) is 0 Å². The van der Waals surface area contributed by atoms with Gasteiger partial charge in [-0.3, -0.25) is 0 Å². The summed E-state index contributed by atoms with van der Waals surface area (Å²) in [7, 11) is 0. The Labute approximate surface area is 100 Å². The lowest BCUT2D eigenvalue weighted by Crippen LogP contribution is -2.27. The van der Waals surface area contributed by atoms with Crippen molar-refractivity contribution in [2.75, 3.05) is 13.1 Å². The van der Waals surface area contributed by atoms with Gasteiger partial charge >= 0.3 is 0 Å². The number of fused-ring (bicyclic) bond motifs is 1. The Bertz CT molecular complexity index is 533. The molecular formula is C14H16N2O. The van der Waals surface area contributed by atoms with E-state index in [1.165, 1.54) is 0 Å². The van der Waals surface area contributed by atoms with Crippen LogP contribution in [0.15, 0.2) is 30.3 Å². The summed E-state index contributed by atoms with van der Waals surface area (Å²) in [6.45, 7) is 2.12. The van der Waals surface area contributed by atoms with E-state index in [1.54, 1.807) is 6.07 Å². The van der Waals surface area contributed by atoms with Gasteiger partial charge in [0.15, 0.2) is 0 Å². The first kappa shape index (κ1) is 10.5. The number of hydrogen-bond donors (Lipinski definition) is 2. The van der Waals surface area contributed by atoms with E-state index in [0.717, 1.165) is 42.5 Å². The third-order valence-electron chi connectivity index (χ3n) is 3.48. The Kier molecular flexibility index (Phi) is 2.69. The molecule has 1 aliphatic rings. The number of aromatic nitrogens is 1. The fourth-order valence-electron chi connectivity index (χ4n) is 2.49. The quantitative estimate of drug-likeness (QED) is 0.787. The summed E-state index contributed by atoms with van der Waals surface area (Å²) in [5.41, 5.74) is 1.84. The standard InChI is InChI=1S/C14H16N2O/c17-13-3-1-2-11-4-5-12(16-14(11)13)10-6-8-15-9-7-10/h1-5,10,15,17H,6-9H2. The van der Waals surface area contributed by atoms with Gasteiger partial charge < -0.3 is 10.4 Å². The van der Waals surface area contributed by atoms with E-state index in [9.17, 15) is 5.11 Å². The van der Waals surface area contributed by atoms with E-state index in [4.69, 9.17) is 0 Å². The number of hydrogen-bond acceptors (Lipinski definition) is 3. The van der Waals surface area contributed by atoms with E-state index >= 15 is 0 Å². The maximum Gasteiger partial charge on any atom is 0.141 e. The fraction of sp³-hybridized carbons (Fsp3) is 0.357. The smallest absolute Gasteiger partial charge is 0.141 e. The van der Waals surface area contributed by atoms with Gasteiger partial charge in [-0.05, 0) is 38.1 Å². The third kappa shape index (κ3) is 1.98. The van der Waals surface area contributed by atoms with Crippen LogP contribution in [0.1, 0.15) is 24.5 Å². The molecule has 2 aromatic rings. The Hall–Kier alpha value is -1.61. The summed E-state index contributed by atoms with van der Waals surface area (Å²) < 4.78 is 0. The summed E-state index contributed by atoms with van der Waals surface area (Å²) in [5, 5.41) is 14.2. The van der Waals surface area contributed by atoms with Crippen LogP contribution in [0.3, 0.4) is 0 Å². The van der Waals surface area contributed by atoms with Crippen molar-refractivity contribution in [3.63, 3.8) is 0 Å². The average Bonchev–Trinajstić information content (AvgIpc) is 2.40. The highest BCUT2D eigenvalue weighted by Gasteiger charge is 2.16. The Morgan fingerprint density at radius 3 is 2.76 bits per heavy atom. The van der Waals surface area contributed by atoms with Gasteiger partial charge in [0, 0.05) is 17.0 Å². The minimum absolute atomic E-state index is 0.276. The molecule has 0 aliphatic carbocycles. The first-order valence-corrected chi connectivity index (χ1v) is 6.14. The van der Waals surface area contributed by atoms with Crippen molar-refractivity contribution < 1.29 is 5.11 Å². The molecule has 1 saturated heterocycles. The van der Waals surface area contributed by atoms with Crippen molar-refractivity contribution in [1.82, 2.24) is 10.3 Å². The second kappa shape index (κ2) is 4.34. The van der Waals surface area contributed by atoms with E-state index in [0.29, 0.717) is 5.92 Å². The Balaban J connectivity index is 2.03. The Morgan fingerprint density at radius 2 is 1.94 bits per heavy atom. The van der Waals surface area contributed by atoms with Gasteiger partial charge in [-0.25, -0.2) is 4.98 Å². The minimum Gasteiger partial charge on any atom is -0.506 e. The molecule has 1 aromatic heterocycles. The summed E-state index contributed by atoms with van der Waals surface area (Å²) in [6, 6.07) is 9.68. The highest BCUT2D eigenvalue weighted by atomic mass is 16.3. The van der Waals surface area contributed by atoms with E-state index in [2.05, 4.69) is 22.4 Å². The number of aromatic hydroxyl groups is 1. The number of phenols is 1. The molecule has 0 atom stereocenters. The van der Waals surface area contributed by atoms with Crippen LogP contribution in [0.4, 0.5) is 0 Å². The average molecular weight is 228 g/mol. The maximum absolute atomic E-state index is 9.82. The molecule has 1 aliphatic heterocycles. The minimum atomic E-state index is 0.276. The summed E-state index contributed by atoms with van der Waals surface area (Å²) in [4.78, 5) is 4.62. The van der Waals surface area contributed by atoms with Crippen molar-refractivity contribution in [3.05, 3.63) is 36.0 Å². The molecule has 3 rings (SSSR count). The molecule has 3 nitrogen and oxygen atoms in total. The highest BCUT2D eigenvalue weighted by Crippen LogP contribution is 2.28. The van der Waals surface area contributed by atoms with Crippen LogP contribution in [0.5, 0.6) is 5.75 Å². The van der Waals surface area contributed by atoms with Crippen molar-refractivity contribution in [2.45, 2.75) is 18.8 Å². The van der Waals surface area contributed by atoms with Gasteiger partial charge in [0.25, 0.3) is 0 Å². The molecule has 0 radical (unpaired) electrons. The molecule has 1 fully saturated rings. The van der Waals surface area contributed by atoms with Gasteiger partial charge in [-0.1, -0.05) is 18.2 Å². The molecule has 2 heterocycles. The van der Waals surface area contributed by atoms with Crippen LogP contribution in [0, 0.1) is 0 Å². The number of phenolic OH excluding ortho intramolecular Hbond substituents is 1. The molecule has 0 unspecified atom stereocenters. The molecule has 17 heavy (non-hydrogen) atoms. The lowest BCUT2D eigenvalue weighted by Gasteiger charge is -2.22. The number of benzene rings is 1. The lowest BCUT2D eigenvalue weighted by atomic mass is 9.94. The number of rotatable bonds is 1. The van der Waals surface area contributed by atoms with Crippen molar-refractivity contribution in [3.8, 4) is 5.75 Å². The van der Waals surface area contributed by atoms with Gasteiger partial charge in [0.1, 0.15) is 11.3 Å². The zero-order valence-electron chi connectivity index (χ0n) is 9.69. The van der Waals surface area contributed by atoms with Crippen LogP contribution in [0.2, 0.25) is 0 Å². The Morgan fingerprint density at radius 1 is 1.12 bits per heavy atom. The number of para-hydroxylation sites is 1. The maximum atomic E-state index is 9.82. The molecule has 3 heteroatoms.